The van der Waals surface area contributed by atoms with Crippen LogP contribution in [0.2, 0.25) is 0 Å². The van der Waals surface area contributed by atoms with Crippen LogP contribution in [-0.4, -0.2) is 50.5 Å². The van der Waals surface area contributed by atoms with Gasteiger partial charge in [0.2, 0.25) is 0 Å². The van der Waals surface area contributed by atoms with Crippen LogP contribution < -0.4 is 5.32 Å². The summed E-state index contributed by atoms with van der Waals surface area (Å²) >= 11 is 0. The molecule has 1 fully saturated rings. The lowest BCUT2D eigenvalue weighted by Crippen LogP contribution is -2.40. The maximum Gasteiger partial charge on any atom is 0.317 e. The van der Waals surface area contributed by atoms with E-state index in [-0.39, 0.29) is 6.03 Å². The highest BCUT2D eigenvalue weighted by Gasteiger charge is 2.32. The smallest absolute Gasteiger partial charge is 0.317 e. The van der Waals surface area contributed by atoms with Gasteiger partial charge in [0.15, 0.2) is 9.84 Å². The third-order valence-corrected chi connectivity index (χ3v) is 5.99. The van der Waals surface area contributed by atoms with Gasteiger partial charge in [0, 0.05) is 25.9 Å². The predicted molar refractivity (Wildman–Crippen MR) is 84.0 cm³/mol. The van der Waals surface area contributed by atoms with Crippen molar-refractivity contribution in [3.8, 4) is 0 Å². The molecule has 0 aromatic carbocycles. The molecule has 2 aliphatic rings. The first kappa shape index (κ1) is 16.3. The van der Waals surface area contributed by atoms with Gasteiger partial charge in [0.25, 0.3) is 0 Å². The topological polar surface area (TPSA) is 66.5 Å². The Hall–Kier alpha value is -1.04. The number of hydrogen-bond donors (Lipinski definition) is 1. The van der Waals surface area contributed by atoms with E-state index in [1.807, 2.05) is 0 Å². The van der Waals surface area contributed by atoms with Crippen molar-refractivity contribution in [2.75, 3.05) is 25.9 Å². The second-order valence-electron chi connectivity index (χ2n) is 6.13. The van der Waals surface area contributed by atoms with Crippen LogP contribution in [0.1, 0.15) is 44.9 Å². The number of sulfone groups is 1. The molecular formula is C15H26N2O3S. The molecule has 0 aromatic heterocycles. The molecule has 1 atom stereocenters. The average molecular weight is 314 g/mol. The Morgan fingerprint density at radius 3 is 2.90 bits per heavy atom. The fraction of sp³-hybridized carbons (Fsp3) is 0.800. The number of rotatable bonds is 4. The van der Waals surface area contributed by atoms with Gasteiger partial charge in [-0.1, -0.05) is 18.1 Å². The normalized spacial score (nSPS) is 23.6. The predicted octanol–water partition coefficient (Wildman–Crippen LogP) is 2.10. The van der Waals surface area contributed by atoms with E-state index in [4.69, 9.17) is 0 Å². The standard InChI is InChI=1S/C15H26N2O3S/c1-21(19,20)14-9-11-17(12-14)15(18)16-10-8-13-6-4-2-3-5-7-13/h6,14H,2-5,7-12H2,1H3,(H,16,18). The molecule has 120 valence electrons. The van der Waals surface area contributed by atoms with Gasteiger partial charge in [0.05, 0.1) is 5.25 Å². The van der Waals surface area contributed by atoms with Crippen LogP contribution in [0.15, 0.2) is 11.6 Å². The van der Waals surface area contributed by atoms with E-state index in [2.05, 4.69) is 11.4 Å². The van der Waals surface area contributed by atoms with Crippen LogP contribution in [0.3, 0.4) is 0 Å². The highest BCUT2D eigenvalue weighted by molar-refractivity contribution is 7.91. The van der Waals surface area contributed by atoms with Crippen LogP contribution in [0, 0.1) is 0 Å². The molecule has 1 unspecified atom stereocenters. The summed E-state index contributed by atoms with van der Waals surface area (Å²) in [5.74, 6) is 0. The second kappa shape index (κ2) is 7.29. The molecule has 0 aromatic rings. The molecule has 2 amide bonds. The quantitative estimate of drug-likeness (QED) is 0.808. The summed E-state index contributed by atoms with van der Waals surface area (Å²) in [6, 6.07) is -0.129. The van der Waals surface area contributed by atoms with Crippen molar-refractivity contribution >= 4 is 15.9 Å². The number of hydrogen-bond acceptors (Lipinski definition) is 3. The molecule has 1 heterocycles. The van der Waals surface area contributed by atoms with Gasteiger partial charge < -0.3 is 10.2 Å². The van der Waals surface area contributed by atoms with Crippen molar-refractivity contribution in [1.29, 1.82) is 0 Å². The summed E-state index contributed by atoms with van der Waals surface area (Å²) in [5, 5.41) is 2.52. The van der Waals surface area contributed by atoms with Crippen molar-refractivity contribution < 1.29 is 13.2 Å². The maximum atomic E-state index is 12.0. The Morgan fingerprint density at radius 1 is 1.38 bits per heavy atom. The molecule has 0 spiro atoms. The van der Waals surface area contributed by atoms with E-state index < -0.39 is 15.1 Å². The zero-order valence-electron chi connectivity index (χ0n) is 12.8. The lowest BCUT2D eigenvalue weighted by Gasteiger charge is -2.17. The van der Waals surface area contributed by atoms with Crippen LogP contribution >= 0.6 is 0 Å². The minimum Gasteiger partial charge on any atom is -0.338 e. The molecule has 5 nitrogen and oxygen atoms in total. The Morgan fingerprint density at radius 2 is 2.19 bits per heavy atom. The minimum atomic E-state index is -3.04. The molecule has 0 saturated carbocycles. The molecule has 1 aliphatic heterocycles. The van der Waals surface area contributed by atoms with Crippen molar-refractivity contribution in [2.45, 2.75) is 50.2 Å². The highest BCUT2D eigenvalue weighted by atomic mass is 32.2. The van der Waals surface area contributed by atoms with Gasteiger partial charge in [-0.15, -0.1) is 0 Å². The van der Waals surface area contributed by atoms with Crippen LogP contribution in [0.5, 0.6) is 0 Å². The summed E-state index contributed by atoms with van der Waals surface area (Å²) < 4.78 is 23.0. The van der Waals surface area contributed by atoms with Gasteiger partial charge >= 0.3 is 6.03 Å². The molecule has 1 saturated heterocycles. The molecular weight excluding hydrogens is 288 g/mol. The molecule has 6 heteroatoms. The van der Waals surface area contributed by atoms with E-state index >= 15 is 0 Å². The fourth-order valence-electron chi connectivity index (χ4n) is 3.01. The monoisotopic (exact) mass is 314 g/mol. The summed E-state index contributed by atoms with van der Waals surface area (Å²) in [4.78, 5) is 13.6. The Labute approximate surface area is 127 Å². The first-order valence-electron chi connectivity index (χ1n) is 7.86. The Balaban J connectivity index is 1.72. The number of allylic oxidation sites excluding steroid dienone is 1. The number of likely N-dealkylation sites (tertiary alicyclic amines) is 1. The number of carbonyl (C=O) groups excluding carboxylic acids is 1. The zero-order valence-corrected chi connectivity index (χ0v) is 13.6. The number of carbonyl (C=O) groups is 1. The van der Waals surface area contributed by atoms with Gasteiger partial charge in [-0.25, -0.2) is 13.2 Å². The molecule has 21 heavy (non-hydrogen) atoms. The van der Waals surface area contributed by atoms with E-state index in [1.165, 1.54) is 31.1 Å². The largest absolute Gasteiger partial charge is 0.338 e. The lowest BCUT2D eigenvalue weighted by molar-refractivity contribution is 0.209. The average Bonchev–Trinajstić information content (AvgIpc) is 2.79. The van der Waals surface area contributed by atoms with Gasteiger partial charge in [-0.2, -0.15) is 0 Å². The van der Waals surface area contributed by atoms with Gasteiger partial charge in [-0.3, -0.25) is 0 Å². The summed E-state index contributed by atoms with van der Waals surface area (Å²) in [6.45, 7) is 1.50. The van der Waals surface area contributed by atoms with Crippen LogP contribution in [0.25, 0.3) is 0 Å². The van der Waals surface area contributed by atoms with Gasteiger partial charge in [-0.05, 0) is 38.5 Å². The third kappa shape index (κ3) is 5.02. The molecule has 0 bridgehead atoms. The SMILES string of the molecule is CS(=O)(=O)C1CCN(C(=O)NCCC2=CCCCCC2)C1. The molecule has 1 N–H and O–H groups in total. The van der Waals surface area contributed by atoms with E-state index in [9.17, 15) is 13.2 Å². The third-order valence-electron chi connectivity index (χ3n) is 4.40. The van der Waals surface area contributed by atoms with Gasteiger partial charge in [0.1, 0.15) is 0 Å². The summed E-state index contributed by atoms with van der Waals surface area (Å²) in [6.07, 6.45) is 11.2. The first-order chi connectivity index (χ1) is 9.97. The maximum absolute atomic E-state index is 12.0. The number of nitrogens with zero attached hydrogens (tertiary/aromatic N) is 1. The summed E-state index contributed by atoms with van der Waals surface area (Å²) in [5.41, 5.74) is 1.45. The van der Waals surface area contributed by atoms with E-state index in [1.54, 1.807) is 4.90 Å². The molecule has 0 radical (unpaired) electrons. The van der Waals surface area contributed by atoms with Crippen molar-refractivity contribution in [3.05, 3.63) is 11.6 Å². The lowest BCUT2D eigenvalue weighted by atomic mass is 10.1. The second-order valence-corrected chi connectivity index (χ2v) is 8.46. The summed E-state index contributed by atoms with van der Waals surface area (Å²) in [7, 11) is -3.04. The Bertz CT molecular complexity index is 499. The van der Waals surface area contributed by atoms with E-state index in [0.717, 1.165) is 19.3 Å². The van der Waals surface area contributed by atoms with Crippen molar-refractivity contribution in [2.24, 2.45) is 0 Å². The zero-order chi connectivity index (χ0) is 15.3. The fourth-order valence-corrected chi connectivity index (χ4v) is 4.00. The van der Waals surface area contributed by atoms with Crippen LogP contribution in [0.4, 0.5) is 4.79 Å². The van der Waals surface area contributed by atoms with Crippen molar-refractivity contribution in [1.82, 2.24) is 10.2 Å². The van der Waals surface area contributed by atoms with Crippen molar-refractivity contribution in [3.63, 3.8) is 0 Å². The minimum absolute atomic E-state index is 0.129. The molecule has 2 rings (SSSR count). The Kier molecular flexibility index (Phi) is 5.67. The number of nitrogens with one attached hydrogen (secondary N) is 1. The highest BCUT2D eigenvalue weighted by Crippen LogP contribution is 2.19. The number of urea groups is 1. The first-order valence-corrected chi connectivity index (χ1v) is 9.82. The molecule has 1 aliphatic carbocycles. The van der Waals surface area contributed by atoms with Crippen LogP contribution in [-0.2, 0) is 9.84 Å². The number of amides is 2. The van der Waals surface area contributed by atoms with E-state index in [0.29, 0.717) is 26.1 Å².